The normalized spacial score (nSPS) is 11.6. The van der Waals surface area contributed by atoms with Crippen LogP contribution in [0.1, 0.15) is 50.7 Å². The van der Waals surface area contributed by atoms with Gasteiger partial charge in [0, 0.05) is 5.69 Å². The fourth-order valence-electron chi connectivity index (χ4n) is 2.72. The average Bonchev–Trinajstić information content (AvgIpc) is 2.49. The smallest absolute Gasteiger partial charge is 0.140 e. The summed E-state index contributed by atoms with van der Waals surface area (Å²) in [4.78, 5) is 9.27. The first-order chi connectivity index (χ1) is 9.66. The molecule has 0 spiro atoms. The zero-order chi connectivity index (χ0) is 14.6. The third-order valence-corrected chi connectivity index (χ3v) is 4.27. The first kappa shape index (κ1) is 15.0. The van der Waals surface area contributed by atoms with Crippen molar-refractivity contribution in [2.75, 3.05) is 0 Å². The summed E-state index contributed by atoms with van der Waals surface area (Å²) in [5.41, 5.74) is 2.10. The number of hydrogen-bond donors (Lipinski definition) is 0. The molecule has 0 radical (unpaired) electrons. The summed E-state index contributed by atoms with van der Waals surface area (Å²) in [6.07, 6.45) is 2.78. The fourth-order valence-corrected chi connectivity index (χ4v) is 2.93. The third kappa shape index (κ3) is 2.71. The Kier molecular flexibility index (Phi) is 4.77. The Labute approximate surface area is 126 Å². The van der Waals surface area contributed by atoms with Crippen LogP contribution >= 0.6 is 11.6 Å². The second-order valence-corrected chi connectivity index (χ2v) is 5.40. The third-order valence-electron chi connectivity index (χ3n) is 4.07. The monoisotopic (exact) mass is 288 g/mol. The average molecular weight is 289 g/mol. The van der Waals surface area contributed by atoms with E-state index in [4.69, 9.17) is 16.6 Å². The first-order valence-corrected chi connectivity index (χ1v) is 7.63. The molecule has 1 aromatic carbocycles. The van der Waals surface area contributed by atoms with E-state index in [0.717, 1.165) is 30.8 Å². The highest BCUT2D eigenvalue weighted by atomic mass is 35.5. The van der Waals surface area contributed by atoms with Crippen LogP contribution in [0.2, 0.25) is 5.15 Å². The molecule has 0 aliphatic rings. The minimum Gasteiger partial charge on any atom is -0.237 e. The van der Waals surface area contributed by atoms with Crippen molar-refractivity contribution in [1.82, 2.24) is 9.97 Å². The number of aromatic nitrogens is 2. The topological polar surface area (TPSA) is 25.8 Å². The fraction of sp³-hybridized carbons (Fsp3) is 0.412. The van der Waals surface area contributed by atoms with Crippen molar-refractivity contribution in [2.45, 2.75) is 45.4 Å². The van der Waals surface area contributed by atoms with Gasteiger partial charge in [0.15, 0.2) is 0 Å². The van der Waals surface area contributed by atoms with Gasteiger partial charge < -0.3 is 0 Å². The van der Waals surface area contributed by atoms with Gasteiger partial charge in [-0.05, 0) is 30.9 Å². The largest absolute Gasteiger partial charge is 0.237 e. The summed E-state index contributed by atoms with van der Waals surface area (Å²) in [7, 11) is 0. The van der Waals surface area contributed by atoms with E-state index < -0.39 is 0 Å². The van der Waals surface area contributed by atoms with Crippen molar-refractivity contribution in [3.05, 3.63) is 58.6 Å². The highest BCUT2D eigenvalue weighted by Crippen LogP contribution is 2.37. The minimum absolute atomic E-state index is 0.157. The zero-order valence-corrected chi connectivity index (χ0v) is 13.1. The van der Waals surface area contributed by atoms with Crippen molar-refractivity contribution in [2.24, 2.45) is 0 Å². The molecule has 106 valence electrons. The molecule has 3 heteroatoms. The van der Waals surface area contributed by atoms with Crippen molar-refractivity contribution in [1.29, 1.82) is 0 Å². The van der Waals surface area contributed by atoms with Crippen LogP contribution in [0, 0.1) is 0 Å². The van der Waals surface area contributed by atoms with E-state index in [1.165, 1.54) is 5.56 Å². The molecular formula is C17H21ClN2. The number of halogens is 1. The summed E-state index contributed by atoms with van der Waals surface area (Å²) in [6, 6.07) is 12.3. The molecular weight excluding hydrogens is 268 g/mol. The van der Waals surface area contributed by atoms with E-state index in [-0.39, 0.29) is 5.41 Å². The van der Waals surface area contributed by atoms with Gasteiger partial charge in [-0.3, -0.25) is 0 Å². The van der Waals surface area contributed by atoms with Gasteiger partial charge in [0.1, 0.15) is 11.0 Å². The lowest BCUT2D eigenvalue weighted by atomic mass is 9.75. The van der Waals surface area contributed by atoms with Crippen LogP contribution in [0.3, 0.4) is 0 Å². The Balaban J connectivity index is 2.62. The molecule has 1 aromatic heterocycles. The highest BCUT2D eigenvalue weighted by Gasteiger charge is 2.34. The Morgan fingerprint density at radius 1 is 1.00 bits per heavy atom. The summed E-state index contributed by atoms with van der Waals surface area (Å²) < 4.78 is 0. The van der Waals surface area contributed by atoms with Crippen LogP contribution in [0.5, 0.6) is 0 Å². The molecule has 2 aromatic rings. The minimum atomic E-state index is -0.157. The van der Waals surface area contributed by atoms with Crippen LogP contribution in [-0.4, -0.2) is 9.97 Å². The van der Waals surface area contributed by atoms with Crippen molar-refractivity contribution in [3.63, 3.8) is 0 Å². The predicted molar refractivity (Wildman–Crippen MR) is 84.2 cm³/mol. The Morgan fingerprint density at radius 2 is 1.65 bits per heavy atom. The number of benzene rings is 1. The Morgan fingerprint density at radius 3 is 2.20 bits per heavy atom. The maximum absolute atomic E-state index is 6.19. The molecule has 2 rings (SSSR count). The lowest BCUT2D eigenvalue weighted by Gasteiger charge is -2.31. The van der Waals surface area contributed by atoms with Gasteiger partial charge in [0.25, 0.3) is 0 Å². The molecule has 1 heterocycles. The van der Waals surface area contributed by atoms with Crippen molar-refractivity contribution in [3.8, 4) is 0 Å². The van der Waals surface area contributed by atoms with Gasteiger partial charge in [0.2, 0.25) is 0 Å². The number of hydrogen-bond acceptors (Lipinski definition) is 2. The standard InChI is InChI=1S/C17H21ClN2/c1-4-14-12-15(18)20-16(19-14)17(5-2,6-3)13-10-8-7-9-11-13/h7-12H,4-6H2,1-3H3. The maximum atomic E-state index is 6.19. The maximum Gasteiger partial charge on any atom is 0.140 e. The predicted octanol–water partition coefficient (Wildman–Crippen LogP) is 4.80. The zero-order valence-electron chi connectivity index (χ0n) is 12.4. The van der Waals surface area contributed by atoms with Gasteiger partial charge in [-0.1, -0.05) is 62.7 Å². The van der Waals surface area contributed by atoms with E-state index >= 15 is 0 Å². The van der Waals surface area contributed by atoms with Crippen LogP contribution in [0.15, 0.2) is 36.4 Å². The lowest BCUT2D eigenvalue weighted by molar-refractivity contribution is 0.447. The first-order valence-electron chi connectivity index (χ1n) is 7.25. The van der Waals surface area contributed by atoms with Gasteiger partial charge >= 0.3 is 0 Å². The van der Waals surface area contributed by atoms with E-state index in [2.05, 4.69) is 50.0 Å². The SMILES string of the molecule is CCc1cc(Cl)nc(C(CC)(CC)c2ccccc2)n1. The Hall–Kier alpha value is -1.41. The quantitative estimate of drug-likeness (QED) is 0.739. The highest BCUT2D eigenvalue weighted by molar-refractivity contribution is 6.29. The summed E-state index contributed by atoms with van der Waals surface area (Å²) in [6.45, 7) is 6.46. The molecule has 0 bridgehead atoms. The molecule has 0 amide bonds. The Bertz CT molecular complexity index is 562. The molecule has 0 N–H and O–H groups in total. The molecule has 0 unspecified atom stereocenters. The number of rotatable bonds is 5. The van der Waals surface area contributed by atoms with Crippen molar-refractivity contribution >= 4 is 11.6 Å². The molecule has 0 saturated heterocycles. The summed E-state index contributed by atoms with van der Waals surface area (Å²) >= 11 is 6.19. The number of nitrogens with zero attached hydrogens (tertiary/aromatic N) is 2. The molecule has 20 heavy (non-hydrogen) atoms. The number of aryl methyl sites for hydroxylation is 1. The van der Waals surface area contributed by atoms with E-state index in [1.54, 1.807) is 0 Å². The molecule has 0 aliphatic carbocycles. The van der Waals surface area contributed by atoms with Crippen LogP contribution in [-0.2, 0) is 11.8 Å². The van der Waals surface area contributed by atoms with E-state index in [0.29, 0.717) is 5.15 Å². The van der Waals surface area contributed by atoms with Crippen molar-refractivity contribution < 1.29 is 0 Å². The summed E-state index contributed by atoms with van der Waals surface area (Å²) in [5, 5.41) is 0.536. The van der Waals surface area contributed by atoms with Crippen LogP contribution in [0.25, 0.3) is 0 Å². The molecule has 0 atom stereocenters. The second-order valence-electron chi connectivity index (χ2n) is 5.01. The van der Waals surface area contributed by atoms with Crippen LogP contribution < -0.4 is 0 Å². The lowest BCUT2D eigenvalue weighted by Crippen LogP contribution is -2.29. The van der Waals surface area contributed by atoms with Gasteiger partial charge in [-0.15, -0.1) is 0 Å². The van der Waals surface area contributed by atoms with Gasteiger partial charge in [-0.25, -0.2) is 9.97 Å². The molecule has 0 fully saturated rings. The second kappa shape index (κ2) is 6.36. The van der Waals surface area contributed by atoms with E-state index in [1.807, 2.05) is 12.1 Å². The summed E-state index contributed by atoms with van der Waals surface area (Å²) in [5.74, 6) is 0.845. The molecule has 2 nitrogen and oxygen atoms in total. The molecule has 0 saturated carbocycles. The van der Waals surface area contributed by atoms with Gasteiger partial charge in [0.05, 0.1) is 5.41 Å². The van der Waals surface area contributed by atoms with Crippen LogP contribution in [0.4, 0.5) is 0 Å². The molecule has 0 aliphatic heterocycles. The van der Waals surface area contributed by atoms with E-state index in [9.17, 15) is 0 Å². The van der Waals surface area contributed by atoms with Gasteiger partial charge in [-0.2, -0.15) is 0 Å².